The molecule has 21 heavy (non-hydrogen) atoms. The summed E-state index contributed by atoms with van der Waals surface area (Å²) in [6.45, 7) is 5.16. The van der Waals surface area contributed by atoms with Gasteiger partial charge in [-0.2, -0.15) is 0 Å². The Morgan fingerprint density at radius 1 is 1.57 bits per heavy atom. The summed E-state index contributed by atoms with van der Waals surface area (Å²) < 4.78 is 29.0. The first-order valence-electron chi connectivity index (χ1n) is 6.97. The van der Waals surface area contributed by atoms with Gasteiger partial charge in [-0.3, -0.25) is 0 Å². The van der Waals surface area contributed by atoms with Gasteiger partial charge in [-0.05, 0) is 43.2 Å². The van der Waals surface area contributed by atoms with Crippen molar-refractivity contribution in [2.24, 2.45) is 0 Å². The number of epoxide rings is 1. The van der Waals surface area contributed by atoms with Gasteiger partial charge in [0.25, 0.3) is 0 Å². The van der Waals surface area contributed by atoms with Crippen LogP contribution in [0.4, 0.5) is 4.39 Å². The van der Waals surface area contributed by atoms with E-state index in [0.29, 0.717) is 18.8 Å². The molecule has 2 rings (SSSR count). The van der Waals surface area contributed by atoms with Gasteiger partial charge >= 0.3 is 5.97 Å². The second-order valence-electron chi connectivity index (χ2n) is 4.79. The van der Waals surface area contributed by atoms with E-state index < -0.39 is 5.97 Å². The van der Waals surface area contributed by atoms with Crippen LogP contribution in [-0.4, -0.2) is 31.9 Å². The lowest BCUT2D eigenvalue weighted by atomic mass is 10.0. The van der Waals surface area contributed by atoms with E-state index in [1.807, 2.05) is 6.92 Å². The van der Waals surface area contributed by atoms with Gasteiger partial charge < -0.3 is 14.2 Å². The summed E-state index contributed by atoms with van der Waals surface area (Å²) in [4.78, 5) is 11.4. The molecule has 0 aromatic heterocycles. The van der Waals surface area contributed by atoms with Gasteiger partial charge in [0.2, 0.25) is 0 Å². The first-order chi connectivity index (χ1) is 10.1. The van der Waals surface area contributed by atoms with E-state index in [-0.39, 0.29) is 18.0 Å². The lowest BCUT2D eigenvalue weighted by molar-refractivity contribution is -0.137. The quantitative estimate of drug-likeness (QED) is 0.441. The number of hydrogen-bond donors (Lipinski definition) is 0. The molecule has 0 spiro atoms. The lowest BCUT2D eigenvalue weighted by Gasteiger charge is -2.15. The van der Waals surface area contributed by atoms with E-state index in [1.54, 1.807) is 19.1 Å². The molecular weight excluding hydrogens is 275 g/mol. The predicted molar refractivity (Wildman–Crippen MR) is 76.2 cm³/mol. The molecule has 0 radical (unpaired) electrons. The Morgan fingerprint density at radius 3 is 3.00 bits per heavy atom. The van der Waals surface area contributed by atoms with Crippen molar-refractivity contribution in [3.05, 3.63) is 41.2 Å². The highest BCUT2D eigenvalue weighted by molar-refractivity contribution is 5.87. The third-order valence-corrected chi connectivity index (χ3v) is 3.11. The van der Waals surface area contributed by atoms with Crippen LogP contribution < -0.4 is 0 Å². The van der Waals surface area contributed by atoms with E-state index in [2.05, 4.69) is 0 Å². The highest BCUT2D eigenvalue weighted by atomic mass is 19.1. The molecule has 0 aliphatic carbocycles. The Balaban J connectivity index is 2.09. The van der Waals surface area contributed by atoms with Crippen molar-refractivity contribution in [1.29, 1.82) is 0 Å². The highest BCUT2D eigenvalue weighted by Gasteiger charge is 2.24. The normalized spacial score (nSPS) is 18.7. The SMILES string of the molecule is CCOC(=O)/C=C/c1cc(F)ccc1[C@@H](C)OCC1CO1. The number of halogens is 1. The lowest BCUT2D eigenvalue weighted by Crippen LogP contribution is -2.07. The molecule has 1 aromatic carbocycles. The number of ether oxygens (including phenoxy) is 3. The molecule has 0 amide bonds. The molecule has 0 bridgehead atoms. The van der Waals surface area contributed by atoms with Gasteiger partial charge in [0.05, 0.1) is 25.9 Å². The Labute approximate surface area is 123 Å². The third kappa shape index (κ3) is 4.95. The number of carbonyl (C=O) groups excluding carboxylic acids is 1. The number of esters is 1. The van der Waals surface area contributed by atoms with Crippen molar-refractivity contribution in [1.82, 2.24) is 0 Å². The number of rotatable bonds is 7. The fourth-order valence-corrected chi connectivity index (χ4v) is 1.91. The van der Waals surface area contributed by atoms with Crippen molar-refractivity contribution in [2.75, 3.05) is 19.8 Å². The fraction of sp³-hybridized carbons (Fsp3) is 0.438. The van der Waals surface area contributed by atoms with Crippen LogP contribution >= 0.6 is 0 Å². The van der Waals surface area contributed by atoms with Crippen molar-refractivity contribution in [2.45, 2.75) is 26.1 Å². The molecule has 1 unspecified atom stereocenters. The van der Waals surface area contributed by atoms with E-state index in [4.69, 9.17) is 14.2 Å². The van der Waals surface area contributed by atoms with Gasteiger partial charge in [-0.15, -0.1) is 0 Å². The van der Waals surface area contributed by atoms with Crippen LogP contribution in [0.3, 0.4) is 0 Å². The molecule has 2 atom stereocenters. The molecule has 0 N–H and O–H groups in total. The Morgan fingerprint density at radius 2 is 2.33 bits per heavy atom. The predicted octanol–water partition coefficient (Wildman–Crippen LogP) is 2.88. The minimum absolute atomic E-state index is 0.173. The van der Waals surface area contributed by atoms with Crippen molar-refractivity contribution < 1.29 is 23.4 Å². The van der Waals surface area contributed by atoms with E-state index >= 15 is 0 Å². The first kappa shape index (κ1) is 15.7. The molecule has 1 heterocycles. The number of hydrogen-bond acceptors (Lipinski definition) is 4. The minimum Gasteiger partial charge on any atom is -0.463 e. The monoisotopic (exact) mass is 294 g/mol. The van der Waals surface area contributed by atoms with E-state index in [9.17, 15) is 9.18 Å². The average molecular weight is 294 g/mol. The topological polar surface area (TPSA) is 48.1 Å². The smallest absolute Gasteiger partial charge is 0.330 e. The first-order valence-corrected chi connectivity index (χ1v) is 6.97. The summed E-state index contributed by atoms with van der Waals surface area (Å²) in [5, 5.41) is 0. The van der Waals surface area contributed by atoms with Crippen LogP contribution in [0, 0.1) is 5.82 Å². The van der Waals surface area contributed by atoms with Crippen LogP contribution in [0.5, 0.6) is 0 Å². The third-order valence-electron chi connectivity index (χ3n) is 3.11. The van der Waals surface area contributed by atoms with Crippen molar-refractivity contribution in [3.63, 3.8) is 0 Å². The van der Waals surface area contributed by atoms with Gasteiger partial charge in [0, 0.05) is 6.08 Å². The van der Waals surface area contributed by atoms with Crippen LogP contribution in [0.15, 0.2) is 24.3 Å². The second-order valence-corrected chi connectivity index (χ2v) is 4.79. The van der Waals surface area contributed by atoms with Gasteiger partial charge in [0.1, 0.15) is 11.9 Å². The molecule has 114 valence electrons. The maximum absolute atomic E-state index is 13.4. The van der Waals surface area contributed by atoms with Gasteiger partial charge in [-0.25, -0.2) is 9.18 Å². The summed E-state index contributed by atoms with van der Waals surface area (Å²) in [6.07, 6.45) is 2.80. The zero-order valence-electron chi connectivity index (χ0n) is 12.2. The van der Waals surface area contributed by atoms with Crippen LogP contribution in [0.25, 0.3) is 6.08 Å². The van der Waals surface area contributed by atoms with Crippen LogP contribution in [0.2, 0.25) is 0 Å². The van der Waals surface area contributed by atoms with Crippen molar-refractivity contribution >= 4 is 12.0 Å². The van der Waals surface area contributed by atoms with Gasteiger partial charge in [-0.1, -0.05) is 6.07 Å². The molecule has 1 saturated heterocycles. The molecule has 4 nitrogen and oxygen atoms in total. The zero-order valence-corrected chi connectivity index (χ0v) is 12.2. The molecule has 1 aliphatic rings. The Kier molecular flexibility index (Phi) is 5.47. The fourth-order valence-electron chi connectivity index (χ4n) is 1.91. The summed E-state index contributed by atoms with van der Waals surface area (Å²) in [6, 6.07) is 4.42. The molecule has 0 saturated carbocycles. The summed E-state index contributed by atoms with van der Waals surface area (Å²) >= 11 is 0. The van der Waals surface area contributed by atoms with E-state index in [1.165, 1.54) is 18.2 Å². The van der Waals surface area contributed by atoms with Crippen molar-refractivity contribution in [3.8, 4) is 0 Å². The molecule has 5 heteroatoms. The molecular formula is C16H19FO4. The highest BCUT2D eigenvalue weighted by Crippen LogP contribution is 2.25. The maximum Gasteiger partial charge on any atom is 0.330 e. The van der Waals surface area contributed by atoms with Crippen LogP contribution in [-0.2, 0) is 19.0 Å². The van der Waals surface area contributed by atoms with Gasteiger partial charge in [0.15, 0.2) is 0 Å². The minimum atomic E-state index is -0.451. The largest absolute Gasteiger partial charge is 0.463 e. The Hall–Kier alpha value is -1.72. The standard InChI is InChI=1S/C16H19FO4/c1-3-19-16(18)7-4-12-8-13(17)5-6-15(12)11(2)20-9-14-10-21-14/h4-8,11,14H,3,9-10H2,1-2H3/b7-4+/t11-,14?/m1/s1. The maximum atomic E-state index is 13.4. The number of carbonyl (C=O) groups is 1. The second kappa shape index (κ2) is 7.33. The molecule has 1 aromatic rings. The number of benzene rings is 1. The molecule has 1 fully saturated rings. The molecule has 1 aliphatic heterocycles. The van der Waals surface area contributed by atoms with Crippen LogP contribution in [0.1, 0.15) is 31.1 Å². The van der Waals surface area contributed by atoms with E-state index in [0.717, 1.165) is 12.2 Å². The Bertz CT molecular complexity index is 523. The zero-order chi connectivity index (χ0) is 15.2. The summed E-state index contributed by atoms with van der Waals surface area (Å²) in [5.74, 6) is -0.812. The average Bonchev–Trinajstić information content (AvgIpc) is 3.27. The summed E-state index contributed by atoms with van der Waals surface area (Å²) in [5.41, 5.74) is 1.42. The summed E-state index contributed by atoms with van der Waals surface area (Å²) in [7, 11) is 0.